The fourth-order valence-electron chi connectivity index (χ4n) is 3.54. The first-order chi connectivity index (χ1) is 9.78. The van der Waals surface area contributed by atoms with Crippen molar-refractivity contribution in [3.05, 3.63) is 28.2 Å². The number of hydrogen-bond donors (Lipinski definition) is 1. The molecule has 0 amide bonds. The van der Waals surface area contributed by atoms with E-state index in [9.17, 15) is 5.26 Å². The van der Waals surface area contributed by atoms with E-state index in [2.05, 4.69) is 38.3 Å². The lowest BCUT2D eigenvalue weighted by Gasteiger charge is -2.37. The van der Waals surface area contributed by atoms with Gasteiger partial charge in [0.05, 0.1) is 11.3 Å². The van der Waals surface area contributed by atoms with Crippen molar-refractivity contribution in [3.63, 3.8) is 0 Å². The predicted molar refractivity (Wildman–Crippen MR) is 84.8 cm³/mol. The van der Waals surface area contributed by atoms with Crippen molar-refractivity contribution in [2.75, 3.05) is 24.5 Å². The Hall–Kier alpha value is -1.05. The molecule has 0 bridgehead atoms. The van der Waals surface area contributed by atoms with Crippen molar-refractivity contribution in [2.45, 2.75) is 31.7 Å². The zero-order valence-corrected chi connectivity index (χ0v) is 13.2. The third-order valence-electron chi connectivity index (χ3n) is 4.55. The zero-order chi connectivity index (χ0) is 13.9. The summed E-state index contributed by atoms with van der Waals surface area (Å²) < 4.78 is 0.976. The molecule has 1 aromatic carbocycles. The van der Waals surface area contributed by atoms with Gasteiger partial charge in [-0.25, -0.2) is 0 Å². The molecular weight excluding hydrogens is 314 g/mol. The summed E-state index contributed by atoms with van der Waals surface area (Å²) in [6.07, 6.45) is 5.16. The second-order valence-corrected chi connectivity index (χ2v) is 6.74. The number of nitrogens with one attached hydrogen (secondary N) is 1. The van der Waals surface area contributed by atoms with E-state index in [1.54, 1.807) is 0 Å². The standard InChI is InChI=1S/C16H20BrN3/c17-14-5-6-16(13(9-14)10-18)20-8-2-3-12(11-20)15-4-1-7-19-15/h5-6,9,12,15,19H,1-4,7-8,11H2. The van der Waals surface area contributed by atoms with Gasteiger partial charge in [-0.1, -0.05) is 15.9 Å². The van der Waals surface area contributed by atoms with Gasteiger partial charge in [-0.05, 0) is 56.3 Å². The highest BCUT2D eigenvalue weighted by Crippen LogP contribution is 2.31. The van der Waals surface area contributed by atoms with Gasteiger partial charge in [-0.2, -0.15) is 5.26 Å². The molecule has 2 heterocycles. The first-order valence-corrected chi connectivity index (χ1v) is 8.25. The third kappa shape index (κ3) is 2.84. The average Bonchev–Trinajstić information content (AvgIpc) is 3.01. The van der Waals surface area contributed by atoms with Gasteiger partial charge in [0.25, 0.3) is 0 Å². The van der Waals surface area contributed by atoms with E-state index in [-0.39, 0.29) is 0 Å². The van der Waals surface area contributed by atoms with Gasteiger partial charge >= 0.3 is 0 Å². The van der Waals surface area contributed by atoms with Crippen LogP contribution in [-0.4, -0.2) is 25.7 Å². The molecular formula is C16H20BrN3. The normalized spacial score (nSPS) is 26.5. The van der Waals surface area contributed by atoms with Gasteiger partial charge in [0.1, 0.15) is 6.07 Å². The predicted octanol–water partition coefficient (Wildman–Crippen LogP) is 3.29. The van der Waals surface area contributed by atoms with E-state index < -0.39 is 0 Å². The molecule has 0 saturated carbocycles. The topological polar surface area (TPSA) is 39.1 Å². The van der Waals surface area contributed by atoms with Crippen LogP contribution in [0.2, 0.25) is 0 Å². The Kier molecular flexibility index (Phi) is 4.28. The number of halogens is 1. The van der Waals surface area contributed by atoms with E-state index in [0.717, 1.165) is 34.7 Å². The molecule has 1 aromatic rings. The Balaban J connectivity index is 1.78. The highest BCUT2D eigenvalue weighted by molar-refractivity contribution is 9.10. The van der Waals surface area contributed by atoms with Crippen LogP contribution in [0.25, 0.3) is 0 Å². The van der Waals surface area contributed by atoms with Crippen LogP contribution in [0.3, 0.4) is 0 Å². The van der Waals surface area contributed by atoms with Crippen LogP contribution in [-0.2, 0) is 0 Å². The van der Waals surface area contributed by atoms with Crippen molar-refractivity contribution in [3.8, 4) is 6.07 Å². The van der Waals surface area contributed by atoms with Crippen LogP contribution < -0.4 is 10.2 Å². The van der Waals surface area contributed by atoms with Crippen LogP contribution in [0.15, 0.2) is 22.7 Å². The van der Waals surface area contributed by atoms with E-state index in [4.69, 9.17) is 0 Å². The number of rotatable bonds is 2. The lowest BCUT2D eigenvalue weighted by molar-refractivity contribution is 0.329. The summed E-state index contributed by atoms with van der Waals surface area (Å²) in [5, 5.41) is 13.0. The van der Waals surface area contributed by atoms with E-state index >= 15 is 0 Å². The number of anilines is 1. The smallest absolute Gasteiger partial charge is 0.101 e. The molecule has 4 heteroatoms. The summed E-state index contributed by atoms with van der Waals surface area (Å²) in [7, 11) is 0. The van der Waals surface area contributed by atoms with Crippen LogP contribution in [0.4, 0.5) is 5.69 Å². The summed E-state index contributed by atoms with van der Waals surface area (Å²) in [5.74, 6) is 0.724. The Labute approximate surface area is 129 Å². The number of nitrogens with zero attached hydrogens (tertiary/aromatic N) is 2. The van der Waals surface area contributed by atoms with Crippen LogP contribution in [0.1, 0.15) is 31.2 Å². The van der Waals surface area contributed by atoms with Crippen LogP contribution >= 0.6 is 15.9 Å². The monoisotopic (exact) mass is 333 g/mol. The van der Waals surface area contributed by atoms with Crippen LogP contribution in [0, 0.1) is 17.2 Å². The Morgan fingerprint density at radius 3 is 2.95 bits per heavy atom. The SMILES string of the molecule is N#Cc1cc(Br)ccc1N1CCCC(C2CCCN2)C1. The summed E-state index contributed by atoms with van der Waals surface area (Å²) >= 11 is 3.45. The summed E-state index contributed by atoms with van der Waals surface area (Å²) in [5.41, 5.74) is 1.87. The molecule has 20 heavy (non-hydrogen) atoms. The maximum atomic E-state index is 9.34. The maximum absolute atomic E-state index is 9.34. The highest BCUT2D eigenvalue weighted by atomic mass is 79.9. The minimum atomic E-state index is 0.679. The molecule has 2 aliphatic heterocycles. The third-order valence-corrected chi connectivity index (χ3v) is 5.04. The second-order valence-electron chi connectivity index (χ2n) is 5.82. The molecule has 2 fully saturated rings. The molecule has 3 rings (SSSR count). The van der Waals surface area contributed by atoms with Gasteiger partial charge in [0.2, 0.25) is 0 Å². The lowest BCUT2D eigenvalue weighted by atomic mass is 9.89. The first kappa shape index (κ1) is 13.9. The number of benzene rings is 1. The molecule has 0 aliphatic carbocycles. The summed E-state index contributed by atoms with van der Waals surface area (Å²) in [6.45, 7) is 3.32. The lowest BCUT2D eigenvalue weighted by Crippen LogP contribution is -2.43. The van der Waals surface area contributed by atoms with Gasteiger partial charge in [-0.3, -0.25) is 0 Å². The van der Waals surface area contributed by atoms with E-state index in [1.807, 2.05) is 12.1 Å². The van der Waals surface area contributed by atoms with Crippen molar-refractivity contribution in [1.29, 1.82) is 5.26 Å². The quantitative estimate of drug-likeness (QED) is 0.902. The molecule has 0 aromatic heterocycles. The molecule has 2 saturated heterocycles. The number of hydrogen-bond acceptors (Lipinski definition) is 3. The van der Waals surface area contributed by atoms with Crippen molar-refractivity contribution >= 4 is 21.6 Å². The molecule has 0 spiro atoms. The molecule has 3 nitrogen and oxygen atoms in total. The van der Waals surface area contributed by atoms with Crippen molar-refractivity contribution in [1.82, 2.24) is 5.32 Å². The fourth-order valence-corrected chi connectivity index (χ4v) is 3.91. The van der Waals surface area contributed by atoms with Crippen molar-refractivity contribution in [2.24, 2.45) is 5.92 Å². The first-order valence-electron chi connectivity index (χ1n) is 7.46. The minimum absolute atomic E-state index is 0.679. The summed E-state index contributed by atoms with van der Waals surface area (Å²) in [4.78, 5) is 2.40. The number of nitriles is 1. The van der Waals surface area contributed by atoms with E-state index in [1.165, 1.54) is 32.2 Å². The van der Waals surface area contributed by atoms with E-state index in [0.29, 0.717) is 6.04 Å². The summed E-state index contributed by atoms with van der Waals surface area (Å²) in [6, 6.07) is 9.05. The van der Waals surface area contributed by atoms with Crippen molar-refractivity contribution < 1.29 is 0 Å². The molecule has 2 aliphatic rings. The van der Waals surface area contributed by atoms with Gasteiger partial charge in [-0.15, -0.1) is 0 Å². The zero-order valence-electron chi connectivity index (χ0n) is 11.6. The maximum Gasteiger partial charge on any atom is 0.101 e. The van der Waals surface area contributed by atoms with Gasteiger partial charge in [0, 0.05) is 23.6 Å². The average molecular weight is 334 g/mol. The number of piperidine rings is 1. The molecule has 0 radical (unpaired) electrons. The Morgan fingerprint density at radius 1 is 1.30 bits per heavy atom. The largest absolute Gasteiger partial charge is 0.370 e. The Morgan fingerprint density at radius 2 is 2.20 bits per heavy atom. The molecule has 2 unspecified atom stereocenters. The van der Waals surface area contributed by atoms with Crippen LogP contribution in [0.5, 0.6) is 0 Å². The van der Waals surface area contributed by atoms with Gasteiger partial charge in [0.15, 0.2) is 0 Å². The fraction of sp³-hybridized carbons (Fsp3) is 0.562. The Bertz CT molecular complexity index is 517. The van der Waals surface area contributed by atoms with Gasteiger partial charge < -0.3 is 10.2 Å². The minimum Gasteiger partial charge on any atom is -0.370 e. The highest BCUT2D eigenvalue weighted by Gasteiger charge is 2.29. The molecule has 2 atom stereocenters. The molecule has 106 valence electrons. The molecule has 1 N–H and O–H groups in total. The second kappa shape index (κ2) is 6.15.